The first kappa shape index (κ1) is 17.9. The molecular weight excluding hydrogens is 340 g/mol. The summed E-state index contributed by atoms with van der Waals surface area (Å²) in [4.78, 5) is 26.6. The van der Waals surface area contributed by atoms with E-state index in [1.165, 1.54) is 0 Å². The molecule has 0 aromatic heterocycles. The molecule has 0 radical (unpaired) electrons. The maximum atomic E-state index is 12.5. The fraction of sp³-hybridized carbons (Fsp3) is 0.556. The quantitative estimate of drug-likeness (QED) is 0.880. The van der Waals surface area contributed by atoms with E-state index in [1.807, 2.05) is 4.90 Å². The summed E-state index contributed by atoms with van der Waals surface area (Å²) in [7, 11) is -3.02. The smallest absolute Gasteiger partial charge is 0.253 e. The Morgan fingerprint density at radius 1 is 1.12 bits per heavy atom. The lowest BCUT2D eigenvalue weighted by molar-refractivity contribution is 0.0682. The monoisotopic (exact) mass is 364 g/mol. The van der Waals surface area contributed by atoms with Crippen LogP contribution in [0, 0.1) is 5.92 Å². The minimum atomic E-state index is -3.02. The van der Waals surface area contributed by atoms with Gasteiger partial charge >= 0.3 is 0 Å². The van der Waals surface area contributed by atoms with E-state index in [0.29, 0.717) is 23.5 Å². The van der Waals surface area contributed by atoms with Crippen molar-refractivity contribution in [3.8, 4) is 0 Å². The number of piperidine rings is 1. The minimum absolute atomic E-state index is 0.000365. The van der Waals surface area contributed by atoms with E-state index < -0.39 is 9.84 Å². The Morgan fingerprint density at radius 3 is 2.40 bits per heavy atom. The van der Waals surface area contributed by atoms with Gasteiger partial charge in [0, 0.05) is 30.3 Å². The number of nitrogens with zero attached hydrogens (tertiary/aromatic N) is 1. The highest BCUT2D eigenvalue weighted by Gasteiger charge is 2.29. The number of likely N-dealkylation sites (tertiary alicyclic amines) is 1. The zero-order valence-electron chi connectivity index (χ0n) is 14.4. The number of rotatable bonds is 3. The van der Waals surface area contributed by atoms with Gasteiger partial charge in [-0.3, -0.25) is 9.59 Å². The fourth-order valence-corrected chi connectivity index (χ4v) is 5.17. The van der Waals surface area contributed by atoms with Gasteiger partial charge in [0.2, 0.25) is 0 Å². The van der Waals surface area contributed by atoms with E-state index in [0.717, 1.165) is 25.9 Å². The Morgan fingerprint density at radius 2 is 1.80 bits per heavy atom. The van der Waals surface area contributed by atoms with Crippen molar-refractivity contribution in [2.75, 3.05) is 24.6 Å². The molecule has 2 unspecified atom stereocenters. The van der Waals surface area contributed by atoms with Crippen molar-refractivity contribution < 1.29 is 18.0 Å². The van der Waals surface area contributed by atoms with Crippen molar-refractivity contribution in [3.05, 3.63) is 35.4 Å². The van der Waals surface area contributed by atoms with Crippen LogP contribution in [0.2, 0.25) is 0 Å². The minimum Gasteiger partial charge on any atom is -0.348 e. The zero-order chi connectivity index (χ0) is 18.0. The first-order chi connectivity index (χ1) is 11.8. The molecule has 2 saturated heterocycles. The van der Waals surface area contributed by atoms with Crippen LogP contribution >= 0.6 is 0 Å². The zero-order valence-corrected chi connectivity index (χ0v) is 15.2. The second-order valence-corrected chi connectivity index (χ2v) is 9.38. The number of carbonyl (C=O) groups excluding carboxylic acids is 2. The molecule has 0 aliphatic carbocycles. The standard InChI is InChI=1S/C18H24N2O4S/c1-13-3-2-9-20(11-13)18(22)15-6-4-14(5-7-15)17(21)19-16-8-10-25(23,24)12-16/h4-7,13,16H,2-3,8-12H2,1H3,(H,19,21). The van der Waals surface area contributed by atoms with Gasteiger partial charge in [0.15, 0.2) is 9.84 Å². The van der Waals surface area contributed by atoms with Gasteiger partial charge in [0.1, 0.15) is 0 Å². The third-order valence-electron chi connectivity index (χ3n) is 4.91. The summed E-state index contributed by atoms with van der Waals surface area (Å²) in [5.41, 5.74) is 1.02. The number of sulfone groups is 1. The van der Waals surface area contributed by atoms with Gasteiger partial charge in [-0.1, -0.05) is 6.92 Å². The lowest BCUT2D eigenvalue weighted by Crippen LogP contribution is -2.39. The van der Waals surface area contributed by atoms with E-state index in [2.05, 4.69) is 12.2 Å². The first-order valence-corrected chi connectivity index (χ1v) is 10.6. The van der Waals surface area contributed by atoms with Crippen LogP contribution in [-0.4, -0.2) is 55.8 Å². The van der Waals surface area contributed by atoms with Crippen LogP contribution in [0.1, 0.15) is 46.9 Å². The maximum absolute atomic E-state index is 12.5. The molecular formula is C18H24N2O4S. The molecule has 1 aromatic carbocycles. The van der Waals surface area contributed by atoms with Crippen LogP contribution in [0.4, 0.5) is 0 Å². The van der Waals surface area contributed by atoms with Crippen molar-refractivity contribution in [1.82, 2.24) is 10.2 Å². The van der Waals surface area contributed by atoms with Gasteiger partial charge < -0.3 is 10.2 Å². The second-order valence-electron chi connectivity index (χ2n) is 7.15. The SMILES string of the molecule is CC1CCCN(C(=O)c2ccc(C(=O)NC3CCS(=O)(=O)C3)cc2)C1. The highest BCUT2D eigenvalue weighted by molar-refractivity contribution is 7.91. The molecule has 2 atom stereocenters. The average molecular weight is 364 g/mol. The van der Waals surface area contributed by atoms with Crippen molar-refractivity contribution in [2.24, 2.45) is 5.92 Å². The number of benzene rings is 1. The van der Waals surface area contributed by atoms with E-state index >= 15 is 0 Å². The predicted molar refractivity (Wildman–Crippen MR) is 95.3 cm³/mol. The fourth-order valence-electron chi connectivity index (χ4n) is 3.50. The van der Waals surface area contributed by atoms with E-state index in [-0.39, 0.29) is 29.4 Å². The third-order valence-corrected chi connectivity index (χ3v) is 6.67. The summed E-state index contributed by atoms with van der Waals surface area (Å²) < 4.78 is 22.9. The average Bonchev–Trinajstić information content (AvgIpc) is 2.93. The molecule has 1 aromatic rings. The Bertz CT molecular complexity index is 758. The van der Waals surface area contributed by atoms with Crippen molar-refractivity contribution in [1.29, 1.82) is 0 Å². The van der Waals surface area contributed by atoms with Gasteiger partial charge in [-0.25, -0.2) is 8.42 Å². The summed E-state index contributed by atoms with van der Waals surface area (Å²) in [6.07, 6.45) is 2.63. The van der Waals surface area contributed by atoms with Crippen LogP contribution < -0.4 is 5.32 Å². The van der Waals surface area contributed by atoms with Crippen LogP contribution in [-0.2, 0) is 9.84 Å². The van der Waals surface area contributed by atoms with Gasteiger partial charge in [-0.2, -0.15) is 0 Å². The molecule has 2 amide bonds. The molecule has 136 valence electrons. The number of hydrogen-bond donors (Lipinski definition) is 1. The molecule has 3 rings (SSSR count). The highest BCUT2D eigenvalue weighted by Crippen LogP contribution is 2.18. The van der Waals surface area contributed by atoms with E-state index in [9.17, 15) is 18.0 Å². The molecule has 25 heavy (non-hydrogen) atoms. The molecule has 0 spiro atoms. The number of amides is 2. The third kappa shape index (κ3) is 4.39. The molecule has 7 heteroatoms. The lowest BCUT2D eigenvalue weighted by Gasteiger charge is -2.31. The van der Waals surface area contributed by atoms with E-state index in [4.69, 9.17) is 0 Å². The Labute approximate surface area is 148 Å². The summed E-state index contributed by atoms with van der Waals surface area (Å²) in [6.45, 7) is 3.70. The van der Waals surface area contributed by atoms with Gasteiger partial charge in [-0.05, 0) is 49.4 Å². The van der Waals surface area contributed by atoms with Gasteiger partial charge in [-0.15, -0.1) is 0 Å². The Hall–Kier alpha value is -1.89. The number of carbonyl (C=O) groups is 2. The first-order valence-electron chi connectivity index (χ1n) is 8.75. The summed E-state index contributed by atoms with van der Waals surface area (Å²) in [5.74, 6) is 0.348. The molecule has 2 aliphatic rings. The summed E-state index contributed by atoms with van der Waals surface area (Å²) in [6, 6.07) is 6.26. The lowest BCUT2D eigenvalue weighted by atomic mass is 9.99. The van der Waals surface area contributed by atoms with Crippen LogP contribution in [0.5, 0.6) is 0 Å². The second kappa shape index (κ2) is 7.15. The van der Waals surface area contributed by atoms with Crippen LogP contribution in [0.3, 0.4) is 0 Å². The maximum Gasteiger partial charge on any atom is 0.253 e. The number of hydrogen-bond acceptors (Lipinski definition) is 4. The summed E-state index contributed by atoms with van der Waals surface area (Å²) >= 11 is 0. The molecule has 0 bridgehead atoms. The van der Waals surface area contributed by atoms with E-state index in [1.54, 1.807) is 24.3 Å². The van der Waals surface area contributed by atoms with Gasteiger partial charge in [0.25, 0.3) is 11.8 Å². The predicted octanol–water partition coefficient (Wildman–Crippen LogP) is 1.48. The Balaban J connectivity index is 1.61. The van der Waals surface area contributed by atoms with Crippen molar-refractivity contribution in [2.45, 2.75) is 32.2 Å². The Kier molecular flexibility index (Phi) is 5.13. The van der Waals surface area contributed by atoms with Crippen LogP contribution in [0.25, 0.3) is 0 Å². The normalized spacial score (nSPS) is 25.6. The molecule has 2 aliphatic heterocycles. The molecule has 2 heterocycles. The molecule has 6 nitrogen and oxygen atoms in total. The number of nitrogens with one attached hydrogen (secondary N) is 1. The molecule has 1 N–H and O–H groups in total. The molecule has 2 fully saturated rings. The topological polar surface area (TPSA) is 83.6 Å². The largest absolute Gasteiger partial charge is 0.348 e. The summed E-state index contributed by atoms with van der Waals surface area (Å²) in [5, 5.41) is 2.76. The molecule has 0 saturated carbocycles. The van der Waals surface area contributed by atoms with Crippen molar-refractivity contribution >= 4 is 21.7 Å². The highest BCUT2D eigenvalue weighted by atomic mass is 32.2. The van der Waals surface area contributed by atoms with Crippen molar-refractivity contribution in [3.63, 3.8) is 0 Å². The van der Waals surface area contributed by atoms with Gasteiger partial charge in [0.05, 0.1) is 11.5 Å². The van der Waals surface area contributed by atoms with Crippen LogP contribution in [0.15, 0.2) is 24.3 Å².